The van der Waals surface area contributed by atoms with Crippen LogP contribution in [-0.4, -0.2) is 61.4 Å². The van der Waals surface area contributed by atoms with Crippen molar-refractivity contribution in [3.05, 3.63) is 65.2 Å². The number of rotatable bonds is 7. The van der Waals surface area contributed by atoms with Crippen LogP contribution in [0.4, 0.5) is 13.2 Å². The van der Waals surface area contributed by atoms with Gasteiger partial charge < -0.3 is 9.22 Å². The quantitative estimate of drug-likeness (QED) is 0.623. The first-order chi connectivity index (χ1) is 13.8. The minimum absolute atomic E-state index is 0.454. The first kappa shape index (κ1) is 21.7. The zero-order valence-corrected chi connectivity index (χ0v) is 17.2. The molecule has 2 aromatic carbocycles. The second-order valence-corrected chi connectivity index (χ2v) is 8.12. The normalized spacial score (nSPS) is 17.3. The molecule has 0 unspecified atom stereocenters. The van der Waals surface area contributed by atoms with Crippen LogP contribution < -0.4 is 4.74 Å². The van der Waals surface area contributed by atoms with Crippen molar-refractivity contribution in [2.75, 3.05) is 45.9 Å². The van der Waals surface area contributed by atoms with E-state index < -0.39 is 12.7 Å². The lowest BCUT2D eigenvalue weighted by molar-refractivity contribution is -0.944. The van der Waals surface area contributed by atoms with Crippen LogP contribution in [0.15, 0.2) is 48.5 Å². The van der Waals surface area contributed by atoms with Gasteiger partial charge in [0.1, 0.15) is 25.4 Å². The summed E-state index contributed by atoms with van der Waals surface area (Å²) in [5.41, 5.74) is 3.42. The number of para-hydroxylation sites is 1. The molecular weight excluding hydrogens is 377 g/mol. The van der Waals surface area contributed by atoms with Gasteiger partial charge in [0, 0.05) is 18.7 Å². The average molecular weight is 408 g/mol. The largest absolute Gasteiger partial charge is 0.487 e. The van der Waals surface area contributed by atoms with Gasteiger partial charge in [0.15, 0.2) is 0 Å². The molecule has 1 fully saturated rings. The minimum Gasteiger partial charge on any atom is -0.487 e. The minimum atomic E-state index is -4.14. The molecule has 0 aliphatic carbocycles. The van der Waals surface area contributed by atoms with Gasteiger partial charge >= 0.3 is 6.18 Å². The summed E-state index contributed by atoms with van der Waals surface area (Å²) in [6.07, 6.45) is -4.14. The molecule has 6 heteroatoms. The Morgan fingerprint density at radius 1 is 0.931 bits per heavy atom. The van der Waals surface area contributed by atoms with E-state index in [0.29, 0.717) is 32.8 Å². The zero-order valence-electron chi connectivity index (χ0n) is 17.2. The van der Waals surface area contributed by atoms with E-state index in [4.69, 9.17) is 4.74 Å². The highest BCUT2D eigenvalue weighted by atomic mass is 19.4. The monoisotopic (exact) mass is 407 g/mol. The average Bonchev–Trinajstić information content (AvgIpc) is 2.66. The number of halogens is 3. The van der Waals surface area contributed by atoms with Gasteiger partial charge in [-0.25, -0.2) is 0 Å². The Morgan fingerprint density at radius 2 is 1.55 bits per heavy atom. The van der Waals surface area contributed by atoms with Crippen molar-refractivity contribution < 1.29 is 22.4 Å². The molecule has 1 heterocycles. The second-order valence-electron chi connectivity index (χ2n) is 8.12. The zero-order chi connectivity index (χ0) is 20.9. The number of hydrogen-bond acceptors (Lipinski definition) is 2. The first-order valence-electron chi connectivity index (χ1n) is 10.1. The number of quaternary nitrogens is 1. The Kier molecular flexibility index (Phi) is 6.85. The van der Waals surface area contributed by atoms with Crippen LogP contribution in [0.3, 0.4) is 0 Å². The van der Waals surface area contributed by atoms with Crippen LogP contribution in [0.1, 0.15) is 16.7 Å². The van der Waals surface area contributed by atoms with Crippen molar-refractivity contribution in [1.29, 1.82) is 0 Å². The Hall–Kier alpha value is -2.05. The summed E-state index contributed by atoms with van der Waals surface area (Å²) >= 11 is 0. The number of nitrogens with zero attached hydrogens (tertiary/aromatic N) is 2. The number of piperazine rings is 1. The van der Waals surface area contributed by atoms with Gasteiger partial charge in [0.25, 0.3) is 0 Å². The standard InChI is InChI=1S/C23H30F3N2O/c1-19-7-6-8-20(2)22(19)29-16-15-28(17-21-9-4-3-5-10-21)13-11-27(12-14-28)18-23(24,25)26/h3-10H,11-18H2,1-2H3/q+1. The molecule has 2 aromatic rings. The summed E-state index contributed by atoms with van der Waals surface area (Å²) in [4.78, 5) is 1.52. The Balaban J connectivity index is 1.67. The van der Waals surface area contributed by atoms with E-state index in [9.17, 15) is 13.2 Å². The fraction of sp³-hybridized carbons (Fsp3) is 0.478. The van der Waals surface area contributed by atoms with Gasteiger partial charge in [0.2, 0.25) is 0 Å². The molecule has 0 spiro atoms. The van der Waals surface area contributed by atoms with Gasteiger partial charge in [-0.15, -0.1) is 0 Å². The topological polar surface area (TPSA) is 12.5 Å². The Morgan fingerprint density at radius 3 is 2.14 bits per heavy atom. The van der Waals surface area contributed by atoms with E-state index in [1.807, 2.05) is 50.2 Å². The van der Waals surface area contributed by atoms with Gasteiger partial charge in [-0.1, -0.05) is 48.5 Å². The van der Waals surface area contributed by atoms with Gasteiger partial charge in [-0.3, -0.25) is 4.90 Å². The number of aryl methyl sites for hydroxylation is 2. The van der Waals surface area contributed by atoms with Crippen molar-refractivity contribution in [2.24, 2.45) is 0 Å². The molecule has 1 aliphatic rings. The molecule has 0 bridgehead atoms. The van der Waals surface area contributed by atoms with Gasteiger partial charge in [0.05, 0.1) is 19.6 Å². The van der Waals surface area contributed by atoms with Crippen molar-refractivity contribution in [3.8, 4) is 5.75 Å². The maximum absolute atomic E-state index is 12.8. The molecule has 158 valence electrons. The number of hydrogen-bond donors (Lipinski definition) is 0. The molecule has 3 rings (SSSR count). The third-order valence-electron chi connectivity index (χ3n) is 5.77. The Bertz CT molecular complexity index is 764. The van der Waals surface area contributed by atoms with Gasteiger partial charge in [-0.2, -0.15) is 13.2 Å². The predicted octanol–water partition coefficient (Wildman–Crippen LogP) is 4.58. The predicted molar refractivity (Wildman–Crippen MR) is 109 cm³/mol. The highest BCUT2D eigenvalue weighted by Crippen LogP contribution is 2.25. The van der Waals surface area contributed by atoms with Crippen LogP contribution in [0.25, 0.3) is 0 Å². The van der Waals surface area contributed by atoms with Crippen LogP contribution in [-0.2, 0) is 6.54 Å². The molecule has 1 aliphatic heterocycles. The van der Waals surface area contributed by atoms with Gasteiger partial charge in [-0.05, 0) is 25.0 Å². The van der Waals surface area contributed by atoms with Crippen LogP contribution in [0.5, 0.6) is 5.75 Å². The Labute approximate surface area is 171 Å². The molecule has 29 heavy (non-hydrogen) atoms. The highest BCUT2D eigenvalue weighted by molar-refractivity contribution is 5.39. The molecule has 0 amide bonds. The van der Waals surface area contributed by atoms with E-state index in [1.165, 1.54) is 10.5 Å². The van der Waals surface area contributed by atoms with E-state index in [0.717, 1.165) is 34.4 Å². The van der Waals surface area contributed by atoms with E-state index in [1.54, 1.807) is 0 Å². The van der Waals surface area contributed by atoms with Crippen molar-refractivity contribution in [3.63, 3.8) is 0 Å². The number of ether oxygens (including phenoxy) is 1. The maximum atomic E-state index is 12.8. The fourth-order valence-electron chi connectivity index (χ4n) is 4.14. The smallest absolute Gasteiger partial charge is 0.401 e. The third-order valence-corrected chi connectivity index (χ3v) is 5.77. The molecular formula is C23H30F3N2O+. The number of alkyl halides is 3. The summed E-state index contributed by atoms with van der Waals surface area (Å²) < 4.78 is 45.2. The van der Waals surface area contributed by atoms with Crippen molar-refractivity contribution >= 4 is 0 Å². The molecule has 0 atom stereocenters. The van der Waals surface area contributed by atoms with Crippen molar-refractivity contribution in [2.45, 2.75) is 26.6 Å². The fourth-order valence-corrected chi connectivity index (χ4v) is 4.14. The molecule has 1 saturated heterocycles. The molecule has 0 N–H and O–H groups in total. The van der Waals surface area contributed by atoms with E-state index in [-0.39, 0.29) is 0 Å². The summed E-state index contributed by atoms with van der Waals surface area (Å²) in [6, 6.07) is 16.3. The summed E-state index contributed by atoms with van der Waals surface area (Å²) in [7, 11) is 0. The second kappa shape index (κ2) is 9.18. The highest BCUT2D eigenvalue weighted by Gasteiger charge is 2.38. The molecule has 0 aromatic heterocycles. The maximum Gasteiger partial charge on any atom is 0.401 e. The summed E-state index contributed by atoms with van der Waals surface area (Å²) in [5, 5.41) is 0. The van der Waals surface area contributed by atoms with E-state index >= 15 is 0 Å². The summed E-state index contributed by atoms with van der Waals surface area (Å²) in [6.45, 7) is 7.70. The third kappa shape index (κ3) is 6.21. The first-order valence-corrected chi connectivity index (χ1v) is 10.1. The summed E-state index contributed by atoms with van der Waals surface area (Å²) in [5.74, 6) is 0.918. The molecule has 3 nitrogen and oxygen atoms in total. The number of benzene rings is 2. The van der Waals surface area contributed by atoms with Crippen LogP contribution in [0, 0.1) is 13.8 Å². The molecule has 0 radical (unpaired) electrons. The molecule has 0 saturated carbocycles. The lowest BCUT2D eigenvalue weighted by Crippen LogP contribution is -2.61. The lowest BCUT2D eigenvalue weighted by Gasteiger charge is -2.45. The SMILES string of the molecule is Cc1cccc(C)c1OCC[N+]1(Cc2ccccc2)CCN(CC(F)(F)F)CC1. The van der Waals surface area contributed by atoms with Crippen LogP contribution in [0.2, 0.25) is 0 Å². The van der Waals surface area contributed by atoms with Crippen molar-refractivity contribution in [1.82, 2.24) is 4.90 Å². The van der Waals surface area contributed by atoms with Crippen LogP contribution >= 0.6 is 0 Å². The van der Waals surface area contributed by atoms with E-state index in [2.05, 4.69) is 12.1 Å². The lowest BCUT2D eigenvalue weighted by atomic mass is 10.1.